The number of rotatable bonds is 1. The van der Waals surface area contributed by atoms with Gasteiger partial charge in [0.1, 0.15) is 5.82 Å². The molecule has 5 heteroatoms. The van der Waals surface area contributed by atoms with Gasteiger partial charge < -0.3 is 0 Å². The first-order chi connectivity index (χ1) is 7.65. The van der Waals surface area contributed by atoms with E-state index in [1.165, 1.54) is 17.4 Å². The van der Waals surface area contributed by atoms with E-state index in [4.69, 9.17) is 5.26 Å². The summed E-state index contributed by atoms with van der Waals surface area (Å²) in [5.74, 6) is -0.831. The number of nitrogens with zero attached hydrogens (tertiary/aromatic N) is 1. The molecule has 0 aliphatic heterocycles. The van der Waals surface area contributed by atoms with Gasteiger partial charge in [-0.2, -0.15) is 5.26 Å². The van der Waals surface area contributed by atoms with E-state index in [2.05, 4.69) is 0 Å². The lowest BCUT2D eigenvalue weighted by Crippen LogP contribution is -2.16. The maximum Gasteiger partial charge on any atom is 0.274 e. The highest BCUT2D eigenvalue weighted by Gasteiger charge is 2.17. The van der Waals surface area contributed by atoms with Crippen LogP contribution in [0.4, 0.5) is 4.39 Å². The first-order valence-corrected chi connectivity index (χ1v) is 5.34. The molecule has 1 aromatic heterocycles. The molecule has 0 aliphatic rings. The highest BCUT2D eigenvalue weighted by atomic mass is 32.1. The number of hydrogen-bond donors (Lipinski definition) is 1. The summed E-state index contributed by atoms with van der Waals surface area (Å²) >= 11 is 1.18. The smallest absolute Gasteiger partial charge is 0.267 e. The summed E-state index contributed by atoms with van der Waals surface area (Å²) in [6.45, 7) is 1.67. The van der Waals surface area contributed by atoms with E-state index < -0.39 is 5.91 Å². The zero-order chi connectivity index (χ0) is 11.7. The molecule has 16 heavy (non-hydrogen) atoms. The van der Waals surface area contributed by atoms with Crippen LogP contribution >= 0.6 is 11.3 Å². The number of hydrogen-bond acceptors (Lipinski definition) is 3. The molecule has 1 amide bonds. The van der Waals surface area contributed by atoms with Crippen LogP contribution in [0.5, 0.6) is 0 Å². The molecule has 0 radical (unpaired) electrons. The number of aryl methyl sites for hydroxylation is 1. The molecule has 2 rings (SSSR count). The minimum absolute atomic E-state index is 0.345. The largest absolute Gasteiger partial charge is 0.274 e. The number of carbonyl (C=O) groups is 1. The Morgan fingerprint density at radius 2 is 2.31 bits per heavy atom. The van der Waals surface area contributed by atoms with Gasteiger partial charge in [0, 0.05) is 10.1 Å². The van der Waals surface area contributed by atoms with E-state index in [0.717, 1.165) is 0 Å². The molecule has 0 bridgehead atoms. The number of thiophene rings is 1. The molecule has 0 unspecified atom stereocenters. The van der Waals surface area contributed by atoms with Gasteiger partial charge in [0.05, 0.1) is 4.88 Å². The highest BCUT2D eigenvalue weighted by molar-refractivity contribution is 7.21. The van der Waals surface area contributed by atoms with E-state index in [0.29, 0.717) is 20.5 Å². The Bertz CT molecular complexity index is 612. The van der Waals surface area contributed by atoms with Crippen LogP contribution in [0, 0.1) is 24.2 Å². The van der Waals surface area contributed by atoms with Crippen LogP contribution in [0.3, 0.4) is 0 Å². The van der Waals surface area contributed by atoms with E-state index in [9.17, 15) is 9.18 Å². The van der Waals surface area contributed by atoms with Gasteiger partial charge in [-0.15, -0.1) is 11.3 Å². The summed E-state index contributed by atoms with van der Waals surface area (Å²) in [6, 6.07) is 4.70. The lowest BCUT2D eigenvalue weighted by atomic mass is 10.1. The SMILES string of the molecule is Cc1c(C(=O)NC#N)sc2cccc(F)c12. The third kappa shape index (κ3) is 1.53. The van der Waals surface area contributed by atoms with Crippen molar-refractivity contribution >= 4 is 27.3 Å². The van der Waals surface area contributed by atoms with E-state index in [-0.39, 0.29) is 5.82 Å². The zero-order valence-corrected chi connectivity index (χ0v) is 9.19. The molecule has 0 fully saturated rings. The Balaban J connectivity index is 2.66. The number of amides is 1. The monoisotopic (exact) mass is 234 g/mol. The van der Waals surface area contributed by atoms with Gasteiger partial charge in [0.25, 0.3) is 5.91 Å². The van der Waals surface area contributed by atoms with Crippen LogP contribution in [0.1, 0.15) is 15.2 Å². The molecule has 0 atom stereocenters. The van der Waals surface area contributed by atoms with Crippen LogP contribution in [0.15, 0.2) is 18.2 Å². The minimum atomic E-state index is -0.486. The molecular weight excluding hydrogens is 227 g/mol. The van der Waals surface area contributed by atoms with Gasteiger partial charge in [-0.1, -0.05) is 6.07 Å². The van der Waals surface area contributed by atoms with Crippen molar-refractivity contribution in [2.75, 3.05) is 0 Å². The van der Waals surface area contributed by atoms with Crippen molar-refractivity contribution in [2.45, 2.75) is 6.92 Å². The number of carbonyl (C=O) groups excluding carboxylic acids is 1. The standard InChI is InChI=1S/C11H7FN2OS/c1-6-9-7(12)3-2-4-8(9)16-10(6)11(15)14-5-13/h2-4H,1H3,(H,14,15). The molecule has 0 spiro atoms. The van der Waals surface area contributed by atoms with Crippen molar-refractivity contribution in [1.29, 1.82) is 5.26 Å². The minimum Gasteiger partial charge on any atom is -0.267 e. The Morgan fingerprint density at radius 1 is 1.56 bits per heavy atom. The first kappa shape index (κ1) is 10.6. The molecule has 2 aromatic rings. The summed E-state index contributed by atoms with van der Waals surface area (Å²) < 4.78 is 14.2. The van der Waals surface area contributed by atoms with Crippen molar-refractivity contribution in [2.24, 2.45) is 0 Å². The molecular formula is C11H7FN2OS. The second-order valence-corrected chi connectivity index (χ2v) is 4.29. The van der Waals surface area contributed by atoms with Gasteiger partial charge in [-0.3, -0.25) is 10.1 Å². The van der Waals surface area contributed by atoms with Crippen molar-refractivity contribution in [3.05, 3.63) is 34.5 Å². The molecule has 0 saturated heterocycles. The van der Waals surface area contributed by atoms with E-state index >= 15 is 0 Å². The van der Waals surface area contributed by atoms with Crippen molar-refractivity contribution in [3.63, 3.8) is 0 Å². The van der Waals surface area contributed by atoms with Crippen molar-refractivity contribution < 1.29 is 9.18 Å². The van der Waals surface area contributed by atoms with Crippen LogP contribution in [-0.4, -0.2) is 5.91 Å². The lowest BCUT2D eigenvalue weighted by Gasteiger charge is -1.95. The van der Waals surface area contributed by atoms with E-state index in [1.54, 1.807) is 25.2 Å². The van der Waals surface area contributed by atoms with Crippen LogP contribution < -0.4 is 5.32 Å². The highest BCUT2D eigenvalue weighted by Crippen LogP contribution is 2.32. The topological polar surface area (TPSA) is 52.9 Å². The maximum atomic E-state index is 13.5. The van der Waals surface area contributed by atoms with Gasteiger partial charge in [0.15, 0.2) is 6.19 Å². The number of nitriles is 1. The Hall–Kier alpha value is -1.93. The predicted molar refractivity (Wildman–Crippen MR) is 59.6 cm³/mol. The fourth-order valence-electron chi connectivity index (χ4n) is 1.58. The Labute approximate surface area is 95.1 Å². The molecule has 0 aliphatic carbocycles. The average molecular weight is 234 g/mol. The molecule has 0 saturated carbocycles. The fourth-order valence-corrected chi connectivity index (χ4v) is 2.70. The fraction of sp³-hybridized carbons (Fsp3) is 0.0909. The van der Waals surface area contributed by atoms with Gasteiger partial charge >= 0.3 is 0 Å². The van der Waals surface area contributed by atoms with Gasteiger partial charge in [-0.25, -0.2) is 4.39 Å². The lowest BCUT2D eigenvalue weighted by molar-refractivity contribution is 0.0976. The number of nitrogens with one attached hydrogen (secondary N) is 1. The average Bonchev–Trinajstić information content (AvgIpc) is 2.58. The predicted octanol–water partition coefficient (Wildman–Crippen LogP) is 2.56. The van der Waals surface area contributed by atoms with Gasteiger partial charge in [-0.05, 0) is 24.6 Å². The third-order valence-electron chi connectivity index (χ3n) is 2.28. The summed E-state index contributed by atoms with van der Waals surface area (Å²) in [4.78, 5) is 11.9. The van der Waals surface area contributed by atoms with Crippen LogP contribution in [-0.2, 0) is 0 Å². The van der Waals surface area contributed by atoms with Crippen molar-refractivity contribution in [1.82, 2.24) is 5.32 Å². The Morgan fingerprint density at radius 3 is 2.94 bits per heavy atom. The van der Waals surface area contributed by atoms with Crippen LogP contribution in [0.25, 0.3) is 10.1 Å². The number of fused-ring (bicyclic) bond motifs is 1. The third-order valence-corrected chi connectivity index (χ3v) is 3.53. The quantitative estimate of drug-likeness (QED) is 0.609. The molecule has 1 N–H and O–H groups in total. The molecule has 1 aromatic carbocycles. The van der Waals surface area contributed by atoms with Crippen LogP contribution in [0.2, 0.25) is 0 Å². The second kappa shape index (κ2) is 3.91. The van der Waals surface area contributed by atoms with E-state index in [1.807, 2.05) is 5.32 Å². The van der Waals surface area contributed by atoms with Crippen molar-refractivity contribution in [3.8, 4) is 6.19 Å². The molecule has 1 heterocycles. The molecule has 3 nitrogen and oxygen atoms in total. The summed E-state index contributed by atoms with van der Waals surface area (Å²) in [7, 11) is 0. The maximum absolute atomic E-state index is 13.5. The zero-order valence-electron chi connectivity index (χ0n) is 8.37. The summed E-state index contributed by atoms with van der Waals surface area (Å²) in [5, 5.41) is 10.9. The Kier molecular flexibility index (Phi) is 2.59. The number of halogens is 1. The summed E-state index contributed by atoms with van der Waals surface area (Å²) in [6.07, 6.45) is 1.57. The first-order valence-electron chi connectivity index (χ1n) is 4.52. The summed E-state index contributed by atoms with van der Waals surface area (Å²) in [5.41, 5.74) is 0.575. The molecule has 80 valence electrons. The normalized spacial score (nSPS) is 10.1. The second-order valence-electron chi connectivity index (χ2n) is 3.24. The number of benzene rings is 1. The van der Waals surface area contributed by atoms with Gasteiger partial charge in [0.2, 0.25) is 0 Å².